The minimum atomic E-state index is -1.11. The van der Waals surface area contributed by atoms with Crippen LogP contribution in [0.4, 0.5) is 0 Å². The van der Waals surface area contributed by atoms with Gasteiger partial charge < -0.3 is 19.8 Å². The number of carbonyl (C=O) groups is 3. The van der Waals surface area contributed by atoms with Gasteiger partial charge in [-0.1, -0.05) is 23.2 Å². The number of halogens is 2. The van der Waals surface area contributed by atoms with Gasteiger partial charge in [0.1, 0.15) is 0 Å². The average Bonchev–Trinajstić information content (AvgIpc) is 3.35. The molecule has 0 aliphatic carbocycles. The number of methoxy groups -OCH3 is 1. The monoisotopic (exact) mass is 432 g/mol. The Kier molecular flexibility index (Phi) is 5.91. The molecule has 29 heavy (non-hydrogen) atoms. The van der Waals surface area contributed by atoms with E-state index in [1.54, 1.807) is 24.4 Å². The Bertz CT molecular complexity index is 1240. The fourth-order valence-electron chi connectivity index (χ4n) is 2.83. The van der Waals surface area contributed by atoms with Crippen LogP contribution >= 0.6 is 23.2 Å². The molecule has 2 heterocycles. The zero-order valence-corrected chi connectivity index (χ0v) is 16.5. The molecule has 0 spiro atoms. The fraction of sp³-hybridized carbons (Fsp3) is 0.0500. The molecule has 0 saturated carbocycles. The van der Waals surface area contributed by atoms with E-state index in [1.165, 1.54) is 19.4 Å². The van der Waals surface area contributed by atoms with Crippen LogP contribution < -0.4 is 0 Å². The van der Waals surface area contributed by atoms with Gasteiger partial charge in [0, 0.05) is 39.8 Å². The van der Waals surface area contributed by atoms with Crippen molar-refractivity contribution < 1.29 is 24.2 Å². The number of H-pyrrole nitrogens is 2. The number of nitrogens with one attached hydrogen (secondary N) is 2. The number of aldehydes is 1. The van der Waals surface area contributed by atoms with Crippen molar-refractivity contribution in [3.8, 4) is 0 Å². The quantitative estimate of drug-likeness (QED) is 0.313. The lowest BCUT2D eigenvalue weighted by Gasteiger charge is -2.02. The van der Waals surface area contributed by atoms with E-state index in [0.29, 0.717) is 33.3 Å². The van der Waals surface area contributed by atoms with Gasteiger partial charge in [-0.2, -0.15) is 0 Å². The number of carboxylic acid groups (broad SMARTS) is 1. The third kappa shape index (κ3) is 3.83. The van der Waals surface area contributed by atoms with Crippen molar-refractivity contribution in [3.63, 3.8) is 0 Å². The van der Waals surface area contributed by atoms with E-state index >= 15 is 0 Å². The number of benzene rings is 2. The van der Waals surface area contributed by atoms with E-state index in [-0.39, 0.29) is 10.6 Å². The van der Waals surface area contributed by atoms with Crippen molar-refractivity contribution in [1.82, 2.24) is 9.97 Å². The van der Waals surface area contributed by atoms with Gasteiger partial charge in [0.15, 0.2) is 6.29 Å². The molecule has 0 unspecified atom stereocenters. The van der Waals surface area contributed by atoms with E-state index in [2.05, 4.69) is 14.7 Å². The normalized spacial score (nSPS) is 10.4. The molecule has 0 aliphatic rings. The Morgan fingerprint density at radius 3 is 2.34 bits per heavy atom. The SMILES string of the molecule is COC(=O)c1ccc2[nH]ccc2c1Cl.O=Cc1c[nH]c2ccc(C(=O)O)c(Cl)c12. The van der Waals surface area contributed by atoms with Crippen molar-refractivity contribution in [3.05, 3.63) is 69.5 Å². The number of carbonyl (C=O) groups excluding carboxylic acids is 2. The summed E-state index contributed by atoms with van der Waals surface area (Å²) in [5.41, 5.74) is 2.29. The molecule has 0 saturated heterocycles. The van der Waals surface area contributed by atoms with Crippen LogP contribution in [0.2, 0.25) is 10.0 Å². The first-order valence-corrected chi connectivity index (χ1v) is 8.96. The highest BCUT2D eigenvalue weighted by Crippen LogP contribution is 2.29. The molecule has 4 aromatic rings. The van der Waals surface area contributed by atoms with Crippen LogP contribution in [-0.2, 0) is 4.74 Å². The number of hydrogen-bond donors (Lipinski definition) is 3. The van der Waals surface area contributed by atoms with Gasteiger partial charge in [0.2, 0.25) is 0 Å². The highest BCUT2D eigenvalue weighted by atomic mass is 35.5. The lowest BCUT2D eigenvalue weighted by molar-refractivity contribution is 0.0600. The minimum absolute atomic E-state index is 0.00753. The van der Waals surface area contributed by atoms with Crippen LogP contribution in [0, 0.1) is 0 Å². The molecule has 0 atom stereocenters. The lowest BCUT2D eigenvalue weighted by Crippen LogP contribution is -2.01. The van der Waals surface area contributed by atoms with E-state index < -0.39 is 11.9 Å². The van der Waals surface area contributed by atoms with Crippen molar-refractivity contribution >= 4 is 63.2 Å². The Morgan fingerprint density at radius 2 is 1.69 bits per heavy atom. The predicted octanol–water partition coefficient (Wildman–Crippen LogP) is 4.94. The van der Waals surface area contributed by atoms with Gasteiger partial charge in [-0.05, 0) is 30.3 Å². The maximum atomic E-state index is 11.3. The summed E-state index contributed by atoms with van der Waals surface area (Å²) in [7, 11) is 1.33. The maximum Gasteiger partial charge on any atom is 0.339 e. The van der Waals surface area contributed by atoms with Crippen LogP contribution in [0.3, 0.4) is 0 Å². The molecule has 9 heteroatoms. The number of fused-ring (bicyclic) bond motifs is 2. The highest BCUT2D eigenvalue weighted by Gasteiger charge is 2.15. The largest absolute Gasteiger partial charge is 0.478 e. The summed E-state index contributed by atoms with van der Waals surface area (Å²) in [5.74, 6) is -1.53. The van der Waals surface area contributed by atoms with Crippen LogP contribution in [0.15, 0.2) is 42.7 Å². The molecule has 0 radical (unpaired) electrons. The number of aromatic carboxylic acids is 1. The zero-order valence-electron chi connectivity index (χ0n) is 15.0. The molecule has 7 nitrogen and oxygen atoms in total. The molecular formula is C20H14Cl2N2O5. The number of carboxylic acids is 1. The third-order valence-electron chi connectivity index (χ3n) is 4.25. The average molecular weight is 433 g/mol. The van der Waals surface area contributed by atoms with Crippen molar-refractivity contribution in [2.45, 2.75) is 0 Å². The lowest BCUT2D eigenvalue weighted by atomic mass is 10.1. The maximum absolute atomic E-state index is 11.3. The fourth-order valence-corrected chi connectivity index (χ4v) is 3.49. The second-order valence-electron chi connectivity index (χ2n) is 5.87. The van der Waals surface area contributed by atoms with Gasteiger partial charge in [-0.3, -0.25) is 4.79 Å². The summed E-state index contributed by atoms with van der Waals surface area (Å²) < 4.78 is 4.61. The van der Waals surface area contributed by atoms with Gasteiger partial charge >= 0.3 is 11.9 Å². The molecule has 0 fully saturated rings. The van der Waals surface area contributed by atoms with Crippen LogP contribution in [0.5, 0.6) is 0 Å². The number of esters is 1. The molecule has 2 aromatic heterocycles. The van der Waals surface area contributed by atoms with E-state index in [4.69, 9.17) is 28.3 Å². The number of rotatable bonds is 3. The Hall–Kier alpha value is -3.29. The molecule has 0 amide bonds. The summed E-state index contributed by atoms with van der Waals surface area (Å²) in [6.07, 6.45) is 3.91. The van der Waals surface area contributed by atoms with Crippen molar-refractivity contribution in [2.75, 3.05) is 7.11 Å². The number of aromatic amines is 2. The molecule has 148 valence electrons. The van der Waals surface area contributed by atoms with Crippen molar-refractivity contribution in [1.29, 1.82) is 0 Å². The zero-order chi connectivity index (χ0) is 21.1. The summed E-state index contributed by atoms with van der Waals surface area (Å²) in [6, 6.07) is 8.25. The molecule has 0 bridgehead atoms. The van der Waals surface area contributed by atoms with Gasteiger partial charge in [-0.25, -0.2) is 9.59 Å². The second kappa shape index (κ2) is 8.38. The first-order valence-electron chi connectivity index (χ1n) is 8.21. The van der Waals surface area contributed by atoms with Gasteiger partial charge in [0.05, 0.1) is 28.3 Å². The Morgan fingerprint density at radius 1 is 1.00 bits per heavy atom. The van der Waals surface area contributed by atoms with Crippen LogP contribution in [0.1, 0.15) is 31.1 Å². The van der Waals surface area contributed by atoms with E-state index in [1.807, 2.05) is 6.07 Å². The molecule has 4 rings (SSSR count). The number of ether oxygens (including phenoxy) is 1. The van der Waals surface area contributed by atoms with Gasteiger partial charge in [0.25, 0.3) is 0 Å². The molecular weight excluding hydrogens is 419 g/mol. The van der Waals surface area contributed by atoms with Gasteiger partial charge in [-0.15, -0.1) is 0 Å². The topological polar surface area (TPSA) is 112 Å². The van der Waals surface area contributed by atoms with Crippen molar-refractivity contribution in [2.24, 2.45) is 0 Å². The standard InChI is InChI=1S/C10H6ClNO3.C10H8ClNO2/c11-9-6(10(14)15)1-2-7-8(9)5(4-13)3-12-7;1-14-10(13)7-2-3-8-6(9(7)11)4-5-12-8/h1-4,12H,(H,14,15);2-5,12H,1H3. The van der Waals surface area contributed by atoms with Crippen LogP contribution in [0.25, 0.3) is 21.8 Å². The summed E-state index contributed by atoms with van der Waals surface area (Å²) in [4.78, 5) is 38.6. The number of hydrogen-bond acceptors (Lipinski definition) is 4. The molecule has 0 aliphatic heterocycles. The smallest absolute Gasteiger partial charge is 0.339 e. The van der Waals surface area contributed by atoms with E-state index in [9.17, 15) is 14.4 Å². The second-order valence-corrected chi connectivity index (χ2v) is 6.63. The first kappa shape index (κ1) is 20.4. The molecule has 2 aromatic carbocycles. The highest BCUT2D eigenvalue weighted by molar-refractivity contribution is 6.39. The summed E-state index contributed by atoms with van der Waals surface area (Å²) in [6.45, 7) is 0. The summed E-state index contributed by atoms with van der Waals surface area (Å²) >= 11 is 11.9. The predicted molar refractivity (Wildman–Crippen MR) is 110 cm³/mol. The first-order chi connectivity index (χ1) is 13.9. The Balaban J connectivity index is 0.000000166. The summed E-state index contributed by atoms with van der Waals surface area (Å²) in [5, 5.41) is 10.6. The molecule has 3 N–H and O–H groups in total. The Labute approximate surface area is 174 Å². The third-order valence-corrected chi connectivity index (χ3v) is 5.04. The number of aromatic nitrogens is 2. The van der Waals surface area contributed by atoms with Crippen LogP contribution in [-0.4, -0.2) is 40.4 Å². The minimum Gasteiger partial charge on any atom is -0.478 e. The van der Waals surface area contributed by atoms with E-state index in [0.717, 1.165) is 10.9 Å².